The van der Waals surface area contributed by atoms with Gasteiger partial charge in [0.2, 0.25) is 5.91 Å². The fraction of sp³-hybridized carbons (Fsp3) is 0.444. The Morgan fingerprint density at radius 3 is 3.00 bits per heavy atom. The zero-order valence-corrected chi connectivity index (χ0v) is 13.9. The molecule has 2 N–H and O–H groups in total. The standard InChI is InChI=1S/C18H22ClN3O/c19-15-7-4-13(5-8-15)2-1-3-18(23)20-11-14-6-9-16-17(10-14)22-12-21-16/h4-5,7-8,12,14H,1-3,6,9-11H2,(H,20,23)(H,21,22). The van der Waals surface area contributed by atoms with Gasteiger partial charge in [-0.3, -0.25) is 4.79 Å². The quantitative estimate of drug-likeness (QED) is 0.853. The first-order valence-corrected chi connectivity index (χ1v) is 8.61. The maximum Gasteiger partial charge on any atom is 0.220 e. The first kappa shape index (κ1) is 16.1. The molecule has 122 valence electrons. The summed E-state index contributed by atoms with van der Waals surface area (Å²) >= 11 is 5.87. The number of hydrogen-bond acceptors (Lipinski definition) is 2. The molecule has 1 aliphatic carbocycles. The molecule has 0 aliphatic heterocycles. The fourth-order valence-corrected chi connectivity index (χ4v) is 3.22. The van der Waals surface area contributed by atoms with E-state index in [0.717, 1.165) is 43.7 Å². The van der Waals surface area contributed by atoms with Crippen LogP contribution in [0.3, 0.4) is 0 Å². The molecule has 1 atom stereocenters. The second kappa shape index (κ2) is 7.64. The highest BCUT2D eigenvalue weighted by Gasteiger charge is 2.20. The number of hydrogen-bond donors (Lipinski definition) is 2. The lowest BCUT2D eigenvalue weighted by atomic mass is 9.90. The molecular weight excluding hydrogens is 310 g/mol. The number of benzene rings is 1. The van der Waals surface area contributed by atoms with Gasteiger partial charge < -0.3 is 10.3 Å². The highest BCUT2D eigenvalue weighted by molar-refractivity contribution is 6.30. The van der Waals surface area contributed by atoms with Crippen molar-refractivity contribution in [2.75, 3.05) is 6.54 Å². The van der Waals surface area contributed by atoms with Crippen LogP contribution in [0.15, 0.2) is 30.6 Å². The van der Waals surface area contributed by atoms with Crippen LogP contribution < -0.4 is 5.32 Å². The third-order valence-electron chi connectivity index (χ3n) is 4.46. The number of aromatic nitrogens is 2. The van der Waals surface area contributed by atoms with E-state index in [0.29, 0.717) is 12.3 Å². The summed E-state index contributed by atoms with van der Waals surface area (Å²) in [6, 6.07) is 7.82. The molecule has 0 saturated heterocycles. The number of nitrogens with zero attached hydrogens (tertiary/aromatic N) is 1. The molecule has 0 bridgehead atoms. The number of nitrogens with one attached hydrogen (secondary N) is 2. The molecule has 1 heterocycles. The van der Waals surface area contributed by atoms with Gasteiger partial charge >= 0.3 is 0 Å². The number of imidazole rings is 1. The second-order valence-electron chi connectivity index (χ2n) is 6.22. The summed E-state index contributed by atoms with van der Waals surface area (Å²) < 4.78 is 0. The van der Waals surface area contributed by atoms with Crippen molar-refractivity contribution >= 4 is 17.5 Å². The number of halogens is 1. The van der Waals surface area contributed by atoms with Crippen molar-refractivity contribution in [3.63, 3.8) is 0 Å². The maximum atomic E-state index is 12.0. The molecule has 1 unspecified atom stereocenters. The van der Waals surface area contributed by atoms with E-state index >= 15 is 0 Å². The summed E-state index contributed by atoms with van der Waals surface area (Å²) in [6.45, 7) is 0.762. The lowest BCUT2D eigenvalue weighted by Gasteiger charge is -2.21. The van der Waals surface area contributed by atoms with Gasteiger partial charge in [-0.1, -0.05) is 23.7 Å². The Balaban J connectivity index is 1.34. The number of amides is 1. The van der Waals surface area contributed by atoms with E-state index in [4.69, 9.17) is 11.6 Å². The molecule has 0 spiro atoms. The first-order chi connectivity index (χ1) is 11.2. The minimum atomic E-state index is 0.148. The highest BCUT2D eigenvalue weighted by atomic mass is 35.5. The van der Waals surface area contributed by atoms with Crippen molar-refractivity contribution in [1.82, 2.24) is 15.3 Å². The Kier molecular flexibility index (Phi) is 5.34. The number of aryl methyl sites for hydroxylation is 2. The molecule has 5 heteroatoms. The van der Waals surface area contributed by atoms with E-state index in [9.17, 15) is 4.79 Å². The second-order valence-corrected chi connectivity index (χ2v) is 6.66. The van der Waals surface area contributed by atoms with Gasteiger partial charge in [0.15, 0.2) is 0 Å². The van der Waals surface area contributed by atoms with E-state index in [2.05, 4.69) is 15.3 Å². The number of carbonyl (C=O) groups excluding carboxylic acids is 1. The minimum Gasteiger partial charge on any atom is -0.356 e. The van der Waals surface area contributed by atoms with Crippen molar-refractivity contribution in [2.24, 2.45) is 5.92 Å². The summed E-state index contributed by atoms with van der Waals surface area (Å²) in [7, 11) is 0. The third kappa shape index (κ3) is 4.58. The van der Waals surface area contributed by atoms with Crippen LogP contribution in [0, 0.1) is 5.92 Å². The predicted octanol–water partition coefficient (Wildman–Crippen LogP) is 3.31. The summed E-state index contributed by atoms with van der Waals surface area (Å²) in [5.41, 5.74) is 3.65. The summed E-state index contributed by atoms with van der Waals surface area (Å²) in [5.74, 6) is 0.664. The third-order valence-corrected chi connectivity index (χ3v) is 4.71. The van der Waals surface area contributed by atoms with Crippen molar-refractivity contribution in [1.29, 1.82) is 0 Å². The Labute approximate surface area is 141 Å². The zero-order valence-electron chi connectivity index (χ0n) is 13.1. The molecule has 1 aromatic carbocycles. The minimum absolute atomic E-state index is 0.148. The normalized spacial score (nSPS) is 16.8. The monoisotopic (exact) mass is 331 g/mol. The lowest BCUT2D eigenvalue weighted by molar-refractivity contribution is -0.121. The van der Waals surface area contributed by atoms with E-state index in [1.807, 2.05) is 24.3 Å². The summed E-state index contributed by atoms with van der Waals surface area (Å²) in [5, 5.41) is 3.83. The number of aromatic amines is 1. The molecular formula is C18H22ClN3O. The van der Waals surface area contributed by atoms with E-state index in [-0.39, 0.29) is 5.91 Å². The van der Waals surface area contributed by atoms with Crippen LogP contribution in [0.4, 0.5) is 0 Å². The van der Waals surface area contributed by atoms with Crippen LogP contribution in [0.2, 0.25) is 5.02 Å². The zero-order chi connectivity index (χ0) is 16.1. The van der Waals surface area contributed by atoms with Crippen molar-refractivity contribution in [3.8, 4) is 0 Å². The highest BCUT2D eigenvalue weighted by Crippen LogP contribution is 2.22. The predicted molar refractivity (Wildman–Crippen MR) is 91.5 cm³/mol. The molecule has 0 fully saturated rings. The molecule has 1 aliphatic rings. The number of fused-ring (bicyclic) bond motifs is 1. The molecule has 4 nitrogen and oxygen atoms in total. The molecule has 2 aromatic rings. The smallest absolute Gasteiger partial charge is 0.220 e. The lowest BCUT2D eigenvalue weighted by Crippen LogP contribution is -2.31. The van der Waals surface area contributed by atoms with E-state index in [1.54, 1.807) is 6.33 Å². The molecule has 23 heavy (non-hydrogen) atoms. The van der Waals surface area contributed by atoms with Gasteiger partial charge in [-0.2, -0.15) is 0 Å². The average molecular weight is 332 g/mol. The van der Waals surface area contributed by atoms with Crippen LogP contribution in [-0.2, 0) is 24.1 Å². The largest absolute Gasteiger partial charge is 0.356 e. The fourth-order valence-electron chi connectivity index (χ4n) is 3.10. The van der Waals surface area contributed by atoms with Gasteiger partial charge in [0.1, 0.15) is 0 Å². The van der Waals surface area contributed by atoms with E-state index in [1.165, 1.54) is 17.0 Å². The number of rotatable bonds is 6. The molecule has 1 amide bonds. The Morgan fingerprint density at radius 2 is 2.17 bits per heavy atom. The number of H-pyrrole nitrogens is 1. The Hall–Kier alpha value is -1.81. The van der Waals surface area contributed by atoms with Crippen LogP contribution in [0.25, 0.3) is 0 Å². The summed E-state index contributed by atoms with van der Waals surface area (Å²) in [4.78, 5) is 19.5. The van der Waals surface area contributed by atoms with Gasteiger partial charge in [0, 0.05) is 23.7 Å². The molecule has 0 radical (unpaired) electrons. The van der Waals surface area contributed by atoms with Gasteiger partial charge in [0.05, 0.1) is 12.0 Å². The maximum absolute atomic E-state index is 12.0. The van der Waals surface area contributed by atoms with Crippen LogP contribution >= 0.6 is 11.6 Å². The number of carbonyl (C=O) groups is 1. The van der Waals surface area contributed by atoms with Crippen LogP contribution in [0.5, 0.6) is 0 Å². The van der Waals surface area contributed by atoms with Gasteiger partial charge in [-0.25, -0.2) is 4.98 Å². The van der Waals surface area contributed by atoms with Gasteiger partial charge in [0.25, 0.3) is 0 Å². The van der Waals surface area contributed by atoms with Crippen LogP contribution in [0.1, 0.15) is 36.2 Å². The molecule has 0 saturated carbocycles. The summed E-state index contributed by atoms with van der Waals surface area (Å²) in [6.07, 6.45) is 7.21. The topological polar surface area (TPSA) is 57.8 Å². The van der Waals surface area contributed by atoms with E-state index < -0.39 is 0 Å². The molecule has 3 rings (SSSR count). The Morgan fingerprint density at radius 1 is 1.35 bits per heavy atom. The first-order valence-electron chi connectivity index (χ1n) is 8.23. The Bertz CT molecular complexity index is 651. The van der Waals surface area contributed by atoms with Crippen molar-refractivity contribution in [3.05, 3.63) is 52.6 Å². The van der Waals surface area contributed by atoms with Crippen LogP contribution in [-0.4, -0.2) is 22.4 Å². The van der Waals surface area contributed by atoms with Gasteiger partial charge in [-0.15, -0.1) is 0 Å². The van der Waals surface area contributed by atoms with Crippen molar-refractivity contribution < 1.29 is 4.79 Å². The van der Waals surface area contributed by atoms with Crippen molar-refractivity contribution in [2.45, 2.75) is 38.5 Å². The SMILES string of the molecule is O=C(CCCc1ccc(Cl)cc1)NCC1CCc2nc[nH]c2C1. The average Bonchev–Trinajstić information content (AvgIpc) is 3.02. The molecule has 1 aromatic heterocycles. The van der Waals surface area contributed by atoms with Gasteiger partial charge in [-0.05, 0) is 55.7 Å².